The van der Waals surface area contributed by atoms with Crippen molar-refractivity contribution in [1.29, 1.82) is 0 Å². The first kappa shape index (κ1) is 29.1. The van der Waals surface area contributed by atoms with Crippen LogP contribution in [0.4, 0.5) is 0 Å². The normalized spacial score (nSPS) is 11.5. The molecule has 0 unspecified atom stereocenters. The Hall–Kier alpha value is -5.37. The van der Waals surface area contributed by atoms with Gasteiger partial charge in [-0.05, 0) is 93.1 Å². The van der Waals surface area contributed by atoms with Gasteiger partial charge in [-0.2, -0.15) is 0 Å². The molecule has 4 aromatic carbocycles. The molecule has 0 aliphatic rings. The predicted octanol–water partition coefficient (Wildman–Crippen LogP) is 6.74. The van der Waals surface area contributed by atoms with E-state index in [1.807, 2.05) is 57.2 Å². The number of hydrogen-bond acceptors (Lipinski definition) is 7. The molecular weight excluding hydrogens is 544 g/mol. The van der Waals surface area contributed by atoms with Gasteiger partial charge in [0.2, 0.25) is 5.78 Å². The van der Waals surface area contributed by atoms with Crippen LogP contribution in [0.2, 0.25) is 0 Å². The first-order valence-electron chi connectivity index (χ1n) is 13.8. The van der Waals surface area contributed by atoms with Crippen LogP contribution in [0.1, 0.15) is 63.7 Å². The number of carbonyl (C=O) groups excluding carboxylic acids is 4. The summed E-state index contributed by atoms with van der Waals surface area (Å²) in [6.45, 7) is 9.04. The SMILES string of the molecule is CCn1c2ccc(C(=O)/C(=N/OC(C)=O)c3cc(C)ccc3C)cc2c2cc(C(=O)c3ccc(OC(C)=O)cc3)ccc21. The van der Waals surface area contributed by atoms with Crippen LogP contribution in [-0.4, -0.2) is 33.8 Å². The number of ether oxygens (including phenoxy) is 1. The number of oxime groups is 1. The standard InChI is InChI=1S/C35H30N2O6/c1-6-37-31-15-11-25(34(40)24-9-13-27(14-10-24)42-22(4)38)18-29(31)30-19-26(12-16-32(30)37)35(41)33(36-43-23(5)39)28-17-20(2)7-8-21(28)3/h7-19H,6H2,1-5H3/b36-33+. The summed E-state index contributed by atoms with van der Waals surface area (Å²) in [6, 6.07) is 23.0. The number of hydrogen-bond donors (Lipinski definition) is 0. The summed E-state index contributed by atoms with van der Waals surface area (Å²) in [5, 5.41) is 5.59. The number of aromatic nitrogens is 1. The number of nitrogens with zero attached hydrogens (tertiary/aromatic N) is 2. The van der Waals surface area contributed by atoms with E-state index in [1.54, 1.807) is 42.5 Å². The number of ketones is 2. The van der Waals surface area contributed by atoms with Crippen molar-refractivity contribution in [2.24, 2.45) is 5.16 Å². The molecule has 0 saturated heterocycles. The molecular formula is C35H30N2O6. The molecule has 0 spiro atoms. The Morgan fingerprint density at radius 1 is 0.721 bits per heavy atom. The predicted molar refractivity (Wildman–Crippen MR) is 165 cm³/mol. The lowest BCUT2D eigenvalue weighted by Gasteiger charge is -2.10. The van der Waals surface area contributed by atoms with E-state index in [1.165, 1.54) is 13.8 Å². The fourth-order valence-corrected chi connectivity index (χ4v) is 5.18. The van der Waals surface area contributed by atoms with Crippen molar-refractivity contribution >= 4 is 51.0 Å². The molecule has 0 radical (unpaired) electrons. The van der Waals surface area contributed by atoms with Crippen molar-refractivity contribution in [3.63, 3.8) is 0 Å². The Kier molecular flexibility index (Phi) is 8.03. The molecule has 43 heavy (non-hydrogen) atoms. The molecule has 0 N–H and O–H groups in total. The Labute approximate surface area is 248 Å². The first-order chi connectivity index (χ1) is 20.6. The van der Waals surface area contributed by atoms with E-state index < -0.39 is 17.7 Å². The van der Waals surface area contributed by atoms with Gasteiger partial charge in [0.05, 0.1) is 0 Å². The molecule has 8 nitrogen and oxygen atoms in total. The monoisotopic (exact) mass is 574 g/mol. The number of carbonyl (C=O) groups is 4. The minimum Gasteiger partial charge on any atom is -0.427 e. The highest BCUT2D eigenvalue weighted by atomic mass is 16.7. The van der Waals surface area contributed by atoms with Crippen LogP contribution in [0.3, 0.4) is 0 Å². The Bertz CT molecular complexity index is 1960. The zero-order valence-electron chi connectivity index (χ0n) is 24.6. The lowest BCUT2D eigenvalue weighted by molar-refractivity contribution is -0.141. The van der Waals surface area contributed by atoms with Crippen molar-refractivity contribution in [2.75, 3.05) is 0 Å². The molecule has 0 fully saturated rings. The van der Waals surface area contributed by atoms with Gasteiger partial charge in [-0.3, -0.25) is 14.4 Å². The van der Waals surface area contributed by atoms with E-state index >= 15 is 0 Å². The maximum Gasteiger partial charge on any atom is 0.332 e. The number of fused-ring (bicyclic) bond motifs is 3. The average Bonchev–Trinajstić information content (AvgIpc) is 3.30. The van der Waals surface area contributed by atoms with Crippen LogP contribution in [0, 0.1) is 13.8 Å². The maximum atomic E-state index is 13.9. The van der Waals surface area contributed by atoms with Crippen molar-refractivity contribution in [3.05, 3.63) is 112 Å². The van der Waals surface area contributed by atoms with Gasteiger partial charge in [-0.25, -0.2) is 4.79 Å². The number of Topliss-reactive ketones (excluding diaryl/α,β-unsaturated/α-hetero) is 1. The van der Waals surface area contributed by atoms with E-state index in [0.29, 0.717) is 34.5 Å². The van der Waals surface area contributed by atoms with E-state index in [9.17, 15) is 19.2 Å². The van der Waals surface area contributed by atoms with Crippen molar-refractivity contribution < 1.29 is 28.8 Å². The van der Waals surface area contributed by atoms with Gasteiger partial charge in [0, 0.05) is 64.5 Å². The van der Waals surface area contributed by atoms with Gasteiger partial charge in [-0.15, -0.1) is 0 Å². The van der Waals surface area contributed by atoms with Gasteiger partial charge in [0.25, 0.3) is 0 Å². The molecule has 0 aliphatic heterocycles. The number of aryl methyl sites for hydroxylation is 3. The average molecular weight is 575 g/mol. The molecule has 216 valence electrons. The van der Waals surface area contributed by atoms with Gasteiger partial charge in [0.15, 0.2) is 11.5 Å². The number of rotatable bonds is 8. The summed E-state index contributed by atoms with van der Waals surface area (Å²) in [7, 11) is 0. The smallest absolute Gasteiger partial charge is 0.332 e. The summed E-state index contributed by atoms with van der Waals surface area (Å²) in [6.07, 6.45) is 0. The second-order valence-electron chi connectivity index (χ2n) is 10.3. The lowest BCUT2D eigenvalue weighted by atomic mass is 9.95. The number of benzene rings is 4. The van der Waals surface area contributed by atoms with Crippen molar-refractivity contribution in [3.8, 4) is 5.75 Å². The largest absolute Gasteiger partial charge is 0.427 e. The maximum absolute atomic E-state index is 13.9. The topological polar surface area (TPSA) is 104 Å². The summed E-state index contributed by atoms with van der Waals surface area (Å²) in [5.74, 6) is -1.29. The van der Waals surface area contributed by atoms with Gasteiger partial charge in [0.1, 0.15) is 5.75 Å². The molecule has 0 atom stereocenters. The Morgan fingerprint density at radius 2 is 1.33 bits per heavy atom. The second-order valence-corrected chi connectivity index (χ2v) is 10.3. The summed E-state index contributed by atoms with van der Waals surface area (Å²) in [4.78, 5) is 55.1. The van der Waals surface area contributed by atoms with E-state index in [4.69, 9.17) is 9.57 Å². The van der Waals surface area contributed by atoms with E-state index in [-0.39, 0.29) is 11.5 Å². The highest BCUT2D eigenvalue weighted by Gasteiger charge is 2.22. The third-order valence-electron chi connectivity index (χ3n) is 7.21. The minimum atomic E-state index is -0.629. The second kappa shape index (κ2) is 11.9. The minimum absolute atomic E-state index is 0.0306. The lowest BCUT2D eigenvalue weighted by Crippen LogP contribution is -2.18. The molecule has 5 aromatic rings. The van der Waals surface area contributed by atoms with Gasteiger partial charge >= 0.3 is 11.9 Å². The highest BCUT2D eigenvalue weighted by molar-refractivity contribution is 6.51. The van der Waals surface area contributed by atoms with Crippen LogP contribution >= 0.6 is 0 Å². The quantitative estimate of drug-likeness (QED) is 0.0508. The molecule has 0 saturated carbocycles. The Balaban J connectivity index is 1.60. The zero-order valence-corrected chi connectivity index (χ0v) is 24.6. The molecule has 5 rings (SSSR count). The van der Waals surface area contributed by atoms with Crippen LogP contribution < -0.4 is 4.74 Å². The van der Waals surface area contributed by atoms with Crippen LogP contribution in [0.25, 0.3) is 21.8 Å². The Morgan fingerprint density at radius 3 is 1.93 bits per heavy atom. The number of esters is 1. The fraction of sp³-hybridized carbons (Fsp3) is 0.171. The zero-order chi connectivity index (χ0) is 30.8. The molecule has 0 amide bonds. The molecule has 8 heteroatoms. The molecule has 1 aromatic heterocycles. The van der Waals surface area contributed by atoms with Crippen LogP contribution in [0.5, 0.6) is 5.75 Å². The van der Waals surface area contributed by atoms with Crippen LogP contribution in [0.15, 0.2) is 84.0 Å². The summed E-state index contributed by atoms with van der Waals surface area (Å²) in [5.41, 5.74) is 5.49. The van der Waals surface area contributed by atoms with Crippen molar-refractivity contribution in [2.45, 2.75) is 41.2 Å². The molecule has 0 aliphatic carbocycles. The third kappa shape index (κ3) is 5.85. The summed E-state index contributed by atoms with van der Waals surface area (Å²) < 4.78 is 7.20. The third-order valence-corrected chi connectivity index (χ3v) is 7.21. The molecule has 1 heterocycles. The van der Waals surface area contributed by atoms with Crippen LogP contribution in [-0.2, 0) is 21.0 Å². The van der Waals surface area contributed by atoms with Gasteiger partial charge < -0.3 is 14.1 Å². The summed E-state index contributed by atoms with van der Waals surface area (Å²) >= 11 is 0. The van der Waals surface area contributed by atoms with Gasteiger partial charge in [-0.1, -0.05) is 22.9 Å². The van der Waals surface area contributed by atoms with E-state index in [2.05, 4.69) is 9.72 Å². The van der Waals surface area contributed by atoms with Crippen molar-refractivity contribution in [1.82, 2.24) is 4.57 Å². The first-order valence-corrected chi connectivity index (χ1v) is 13.8. The fourth-order valence-electron chi connectivity index (χ4n) is 5.18. The highest BCUT2D eigenvalue weighted by Crippen LogP contribution is 2.32. The molecule has 0 bridgehead atoms. The van der Waals surface area contributed by atoms with E-state index in [0.717, 1.165) is 32.9 Å².